The molecule has 1 aliphatic heterocycles. The number of ether oxygens (including phenoxy) is 2. The summed E-state index contributed by atoms with van der Waals surface area (Å²) in [5.41, 5.74) is 2.26. The molecule has 0 spiro atoms. The number of halogens is 1. The van der Waals surface area contributed by atoms with Gasteiger partial charge in [0, 0.05) is 23.5 Å². The van der Waals surface area contributed by atoms with Crippen LogP contribution in [0.4, 0.5) is 0 Å². The highest BCUT2D eigenvalue weighted by molar-refractivity contribution is 9.10. The molecule has 2 aromatic carbocycles. The van der Waals surface area contributed by atoms with Crippen LogP contribution in [0.25, 0.3) is 15.9 Å². The van der Waals surface area contributed by atoms with E-state index < -0.39 is 0 Å². The molecular weight excluding hydrogens is 574 g/mol. The van der Waals surface area contributed by atoms with Crippen molar-refractivity contribution in [3.05, 3.63) is 73.3 Å². The molecule has 7 nitrogen and oxygen atoms in total. The van der Waals surface area contributed by atoms with E-state index in [-0.39, 0.29) is 17.1 Å². The smallest absolute Gasteiger partial charge is 0.267 e. The first-order valence-electron chi connectivity index (χ1n) is 11.9. The molecule has 5 rings (SSSR count). The van der Waals surface area contributed by atoms with Gasteiger partial charge in [0.15, 0.2) is 10.9 Å². The van der Waals surface area contributed by atoms with Gasteiger partial charge in [-0.1, -0.05) is 18.7 Å². The standard InChI is InChI=1S/C27H26BrN3O4S2/c1-4-30-12-11-19-23(14-30)37-25-24(19)26(33)31(17-6-8-18(34-2)9-7-17)27(29-25)36-15-21(32)16-5-10-22(35-3)20(28)13-16/h5-10,13H,4,11-12,14-15H2,1-3H3. The molecule has 0 radical (unpaired) electrons. The monoisotopic (exact) mass is 599 g/mol. The second-order valence-corrected chi connectivity index (χ2v) is 11.5. The fourth-order valence-corrected chi connectivity index (χ4v) is 7.21. The number of Topliss-reactive ketones (excluding diaryl/α,β-unsaturated/α-hetero) is 1. The molecule has 3 heterocycles. The van der Waals surface area contributed by atoms with Gasteiger partial charge in [-0.15, -0.1) is 11.3 Å². The Morgan fingerprint density at radius 1 is 1.16 bits per heavy atom. The third-order valence-corrected chi connectivity index (χ3v) is 9.18. The second-order valence-electron chi connectivity index (χ2n) is 8.60. The number of methoxy groups -OCH3 is 2. The van der Waals surface area contributed by atoms with Crippen molar-refractivity contribution in [2.75, 3.05) is 33.1 Å². The third kappa shape index (κ3) is 5.07. The van der Waals surface area contributed by atoms with E-state index in [9.17, 15) is 9.59 Å². The Labute approximate surface area is 231 Å². The lowest BCUT2D eigenvalue weighted by Gasteiger charge is -2.25. The van der Waals surface area contributed by atoms with Gasteiger partial charge in [0.05, 0.1) is 35.5 Å². The highest BCUT2D eigenvalue weighted by Crippen LogP contribution is 2.35. The van der Waals surface area contributed by atoms with Crippen LogP contribution in [0.3, 0.4) is 0 Å². The number of benzene rings is 2. The number of rotatable bonds is 8. The lowest BCUT2D eigenvalue weighted by atomic mass is 10.1. The van der Waals surface area contributed by atoms with E-state index in [0.717, 1.165) is 36.4 Å². The summed E-state index contributed by atoms with van der Waals surface area (Å²) in [6, 6.07) is 12.6. The fraction of sp³-hybridized carbons (Fsp3) is 0.296. The van der Waals surface area contributed by atoms with Crippen molar-refractivity contribution < 1.29 is 14.3 Å². The van der Waals surface area contributed by atoms with Crippen molar-refractivity contribution in [1.82, 2.24) is 14.5 Å². The average molecular weight is 601 g/mol. The number of carbonyl (C=O) groups is 1. The van der Waals surface area contributed by atoms with E-state index in [1.54, 1.807) is 48.3 Å². The molecule has 0 N–H and O–H groups in total. The zero-order chi connectivity index (χ0) is 26.1. The number of hydrogen-bond donors (Lipinski definition) is 0. The minimum atomic E-state index is -0.0974. The number of aromatic nitrogens is 2. The SMILES string of the molecule is CCN1CCc2c(sc3nc(SCC(=O)c4ccc(OC)c(Br)c4)n(-c4ccc(OC)cc4)c(=O)c23)C1. The minimum absolute atomic E-state index is 0.0620. The summed E-state index contributed by atoms with van der Waals surface area (Å²) >= 11 is 6.31. The largest absolute Gasteiger partial charge is 0.497 e. The number of hydrogen-bond acceptors (Lipinski definition) is 8. The highest BCUT2D eigenvalue weighted by atomic mass is 79.9. The quantitative estimate of drug-likeness (QED) is 0.149. The molecule has 0 unspecified atom stereocenters. The Kier molecular flexibility index (Phi) is 7.71. The number of likely N-dealkylation sites (N-methyl/N-ethyl adjacent to an activating group) is 1. The molecule has 0 amide bonds. The second kappa shape index (κ2) is 11.0. The maximum Gasteiger partial charge on any atom is 0.267 e. The predicted molar refractivity (Wildman–Crippen MR) is 152 cm³/mol. The van der Waals surface area contributed by atoms with Crippen molar-refractivity contribution in [3.8, 4) is 17.2 Å². The molecule has 10 heteroatoms. The van der Waals surface area contributed by atoms with Crippen molar-refractivity contribution >= 4 is 55.0 Å². The van der Waals surface area contributed by atoms with Crippen LogP contribution in [-0.2, 0) is 13.0 Å². The summed E-state index contributed by atoms with van der Waals surface area (Å²) in [5.74, 6) is 1.44. The van der Waals surface area contributed by atoms with Gasteiger partial charge >= 0.3 is 0 Å². The zero-order valence-electron chi connectivity index (χ0n) is 20.7. The molecule has 4 aromatic rings. The van der Waals surface area contributed by atoms with Gasteiger partial charge in [0.1, 0.15) is 16.3 Å². The number of ketones is 1. The molecule has 37 heavy (non-hydrogen) atoms. The third-order valence-electron chi connectivity index (χ3n) is 6.51. The molecule has 192 valence electrons. The number of fused-ring (bicyclic) bond motifs is 3. The Balaban J connectivity index is 1.56. The van der Waals surface area contributed by atoms with Crippen LogP contribution in [0.5, 0.6) is 11.5 Å². The molecule has 2 aromatic heterocycles. The summed E-state index contributed by atoms with van der Waals surface area (Å²) in [7, 11) is 3.19. The Hall–Kier alpha value is -2.66. The van der Waals surface area contributed by atoms with Crippen molar-refractivity contribution in [2.24, 2.45) is 0 Å². The first-order valence-corrected chi connectivity index (χ1v) is 14.5. The van der Waals surface area contributed by atoms with Gasteiger partial charge in [0.25, 0.3) is 5.56 Å². The fourth-order valence-electron chi connectivity index (χ4n) is 4.46. The van der Waals surface area contributed by atoms with Gasteiger partial charge < -0.3 is 9.47 Å². The van der Waals surface area contributed by atoms with Gasteiger partial charge in [-0.05, 0) is 76.9 Å². The molecule has 1 aliphatic rings. The summed E-state index contributed by atoms with van der Waals surface area (Å²) in [6.07, 6.45) is 0.833. The van der Waals surface area contributed by atoms with E-state index in [2.05, 4.69) is 27.8 Å². The summed E-state index contributed by atoms with van der Waals surface area (Å²) < 4.78 is 12.9. The first kappa shape index (κ1) is 26.0. The molecule has 0 fully saturated rings. The maximum atomic E-state index is 14.0. The van der Waals surface area contributed by atoms with E-state index in [1.165, 1.54) is 16.6 Å². The predicted octanol–water partition coefficient (Wildman–Crippen LogP) is 5.58. The molecule has 0 bridgehead atoms. The Morgan fingerprint density at radius 3 is 2.62 bits per heavy atom. The summed E-state index contributed by atoms with van der Waals surface area (Å²) in [4.78, 5) is 36.3. The van der Waals surface area contributed by atoms with Crippen molar-refractivity contribution in [1.29, 1.82) is 0 Å². The minimum Gasteiger partial charge on any atom is -0.497 e. The van der Waals surface area contributed by atoms with Crippen LogP contribution < -0.4 is 15.0 Å². The van der Waals surface area contributed by atoms with Gasteiger partial charge in [-0.3, -0.25) is 19.1 Å². The number of thioether (sulfide) groups is 1. The van der Waals surface area contributed by atoms with E-state index >= 15 is 0 Å². The summed E-state index contributed by atoms with van der Waals surface area (Å²) in [6.45, 7) is 4.89. The van der Waals surface area contributed by atoms with Gasteiger partial charge in [0.2, 0.25) is 0 Å². The first-order chi connectivity index (χ1) is 17.9. The molecule has 0 saturated heterocycles. The van der Waals surface area contributed by atoms with Crippen LogP contribution >= 0.6 is 39.0 Å². The normalized spacial score (nSPS) is 13.5. The zero-order valence-corrected chi connectivity index (χ0v) is 24.0. The highest BCUT2D eigenvalue weighted by Gasteiger charge is 2.25. The average Bonchev–Trinajstić information content (AvgIpc) is 3.29. The van der Waals surface area contributed by atoms with Crippen LogP contribution in [0, 0.1) is 0 Å². The van der Waals surface area contributed by atoms with Crippen LogP contribution in [0.1, 0.15) is 27.7 Å². The molecule has 0 atom stereocenters. The summed E-state index contributed by atoms with van der Waals surface area (Å²) in [5, 5.41) is 1.19. The number of carbonyl (C=O) groups excluding carboxylic acids is 1. The maximum absolute atomic E-state index is 14.0. The van der Waals surface area contributed by atoms with Crippen LogP contribution in [-0.4, -0.2) is 53.3 Å². The van der Waals surface area contributed by atoms with E-state index in [0.29, 0.717) is 37.8 Å². The van der Waals surface area contributed by atoms with Gasteiger partial charge in [-0.25, -0.2) is 4.98 Å². The van der Waals surface area contributed by atoms with Gasteiger partial charge in [-0.2, -0.15) is 0 Å². The van der Waals surface area contributed by atoms with Crippen LogP contribution in [0.15, 0.2) is 56.9 Å². The lowest BCUT2D eigenvalue weighted by molar-refractivity contribution is 0.102. The lowest BCUT2D eigenvalue weighted by Crippen LogP contribution is -2.30. The number of thiophene rings is 1. The van der Waals surface area contributed by atoms with Crippen LogP contribution in [0.2, 0.25) is 0 Å². The Morgan fingerprint density at radius 2 is 1.95 bits per heavy atom. The van der Waals surface area contributed by atoms with E-state index in [4.69, 9.17) is 14.5 Å². The Bertz CT molecular complexity index is 1530. The molecule has 0 aliphatic carbocycles. The van der Waals surface area contributed by atoms with E-state index in [1.807, 2.05) is 24.3 Å². The van der Waals surface area contributed by atoms with Crippen molar-refractivity contribution in [2.45, 2.75) is 25.0 Å². The number of nitrogens with zero attached hydrogens (tertiary/aromatic N) is 3. The molecular formula is C27H26BrN3O4S2. The molecule has 0 saturated carbocycles. The topological polar surface area (TPSA) is 73.7 Å². The van der Waals surface area contributed by atoms with Crippen molar-refractivity contribution in [3.63, 3.8) is 0 Å².